The molecule has 3 heterocycles. The molecule has 2 aromatic heterocycles. The Kier molecular flexibility index (Phi) is 1.55. The molecule has 1 aliphatic heterocycles. The first kappa shape index (κ1) is 8.69. The van der Waals surface area contributed by atoms with Crippen LogP contribution in [0.4, 0.5) is 0 Å². The van der Waals surface area contributed by atoms with E-state index in [-0.39, 0.29) is 6.79 Å². The standard InChI is InChI=1S/C12H7NO4/c1-2-8(14-3-1)12-13-7-4-10-11(16-6-15-10)5-9(7)17-12/h1-5H,6H2. The van der Waals surface area contributed by atoms with E-state index in [9.17, 15) is 0 Å². The molecule has 17 heavy (non-hydrogen) atoms. The minimum atomic E-state index is 0.243. The van der Waals surface area contributed by atoms with Crippen molar-refractivity contribution in [1.82, 2.24) is 4.98 Å². The predicted octanol–water partition coefficient (Wildman–Crippen LogP) is 2.82. The molecule has 84 valence electrons. The van der Waals surface area contributed by atoms with Crippen molar-refractivity contribution >= 4 is 11.1 Å². The van der Waals surface area contributed by atoms with Gasteiger partial charge in [-0.05, 0) is 12.1 Å². The Morgan fingerprint density at radius 2 is 2.00 bits per heavy atom. The third-order valence-electron chi connectivity index (χ3n) is 2.61. The lowest BCUT2D eigenvalue weighted by atomic mass is 10.3. The number of aromatic nitrogens is 1. The molecule has 1 aliphatic rings. The van der Waals surface area contributed by atoms with Crippen LogP contribution in [0.25, 0.3) is 22.8 Å². The van der Waals surface area contributed by atoms with Crippen LogP contribution in [-0.4, -0.2) is 11.8 Å². The highest BCUT2D eigenvalue weighted by molar-refractivity contribution is 5.80. The highest BCUT2D eigenvalue weighted by Crippen LogP contribution is 2.37. The average molecular weight is 229 g/mol. The van der Waals surface area contributed by atoms with Gasteiger partial charge in [0.2, 0.25) is 6.79 Å². The van der Waals surface area contributed by atoms with Crippen LogP contribution in [0.15, 0.2) is 39.4 Å². The van der Waals surface area contributed by atoms with Gasteiger partial charge in [0.1, 0.15) is 5.52 Å². The third kappa shape index (κ3) is 1.22. The second kappa shape index (κ2) is 3.04. The molecule has 0 aliphatic carbocycles. The maximum atomic E-state index is 5.60. The lowest BCUT2D eigenvalue weighted by Gasteiger charge is -1.92. The van der Waals surface area contributed by atoms with Gasteiger partial charge in [-0.15, -0.1) is 0 Å². The molecule has 0 saturated carbocycles. The van der Waals surface area contributed by atoms with Crippen LogP contribution in [0, 0.1) is 0 Å². The van der Waals surface area contributed by atoms with Crippen molar-refractivity contribution in [2.75, 3.05) is 6.79 Å². The van der Waals surface area contributed by atoms with E-state index in [0.29, 0.717) is 28.7 Å². The Morgan fingerprint density at radius 1 is 1.12 bits per heavy atom. The molecule has 1 aromatic carbocycles. The molecule has 0 atom stereocenters. The molecule has 0 spiro atoms. The summed E-state index contributed by atoms with van der Waals surface area (Å²) in [4.78, 5) is 4.34. The van der Waals surface area contributed by atoms with E-state index >= 15 is 0 Å². The van der Waals surface area contributed by atoms with E-state index in [1.165, 1.54) is 0 Å². The fourth-order valence-electron chi connectivity index (χ4n) is 1.82. The topological polar surface area (TPSA) is 57.6 Å². The van der Waals surface area contributed by atoms with Gasteiger partial charge in [0.05, 0.1) is 6.26 Å². The molecule has 0 amide bonds. The number of hydrogen-bond donors (Lipinski definition) is 0. The summed E-state index contributed by atoms with van der Waals surface area (Å²) in [6.45, 7) is 0.243. The number of ether oxygens (including phenoxy) is 2. The number of benzene rings is 1. The summed E-state index contributed by atoms with van der Waals surface area (Å²) in [6, 6.07) is 7.16. The summed E-state index contributed by atoms with van der Waals surface area (Å²) < 4.78 is 21.4. The lowest BCUT2D eigenvalue weighted by Crippen LogP contribution is -1.92. The average Bonchev–Trinajstić information content (AvgIpc) is 3.05. The van der Waals surface area contributed by atoms with E-state index in [0.717, 1.165) is 5.52 Å². The Morgan fingerprint density at radius 3 is 2.82 bits per heavy atom. The zero-order chi connectivity index (χ0) is 11.2. The number of nitrogens with zero attached hydrogens (tertiary/aromatic N) is 1. The second-order valence-electron chi connectivity index (χ2n) is 3.67. The summed E-state index contributed by atoms with van der Waals surface area (Å²) in [6.07, 6.45) is 1.58. The SMILES string of the molecule is c1coc(-c2nc3cc4c(cc3o2)OCO4)c1. The minimum absolute atomic E-state index is 0.243. The van der Waals surface area contributed by atoms with Gasteiger partial charge in [-0.25, -0.2) is 4.98 Å². The number of hydrogen-bond acceptors (Lipinski definition) is 5. The molecular weight excluding hydrogens is 222 g/mol. The molecule has 0 bridgehead atoms. The Hall–Kier alpha value is -2.43. The molecule has 5 heteroatoms. The van der Waals surface area contributed by atoms with E-state index in [2.05, 4.69) is 4.98 Å². The first-order valence-electron chi connectivity index (χ1n) is 5.14. The van der Waals surface area contributed by atoms with Crippen molar-refractivity contribution in [3.8, 4) is 23.1 Å². The molecule has 0 saturated heterocycles. The third-order valence-corrected chi connectivity index (χ3v) is 2.61. The number of rotatable bonds is 1. The van der Waals surface area contributed by atoms with Crippen molar-refractivity contribution in [3.63, 3.8) is 0 Å². The van der Waals surface area contributed by atoms with Gasteiger partial charge in [-0.1, -0.05) is 0 Å². The lowest BCUT2D eigenvalue weighted by molar-refractivity contribution is 0.174. The van der Waals surface area contributed by atoms with Crippen LogP contribution in [0.2, 0.25) is 0 Å². The van der Waals surface area contributed by atoms with Crippen LogP contribution in [0.1, 0.15) is 0 Å². The Balaban J connectivity index is 1.93. The largest absolute Gasteiger partial charge is 0.459 e. The number of oxazole rings is 1. The summed E-state index contributed by atoms with van der Waals surface area (Å²) in [5.74, 6) is 2.42. The zero-order valence-corrected chi connectivity index (χ0v) is 8.67. The number of fused-ring (bicyclic) bond motifs is 2. The Labute approximate surface area is 95.6 Å². The van der Waals surface area contributed by atoms with Gasteiger partial charge in [0.25, 0.3) is 5.89 Å². The molecule has 0 unspecified atom stereocenters. The molecule has 4 rings (SSSR count). The van der Waals surface area contributed by atoms with Gasteiger partial charge >= 0.3 is 0 Å². The van der Waals surface area contributed by atoms with Crippen LogP contribution in [-0.2, 0) is 0 Å². The van der Waals surface area contributed by atoms with E-state index < -0.39 is 0 Å². The highest BCUT2D eigenvalue weighted by atomic mass is 16.7. The second-order valence-corrected chi connectivity index (χ2v) is 3.67. The quantitative estimate of drug-likeness (QED) is 0.642. The predicted molar refractivity (Wildman–Crippen MR) is 57.8 cm³/mol. The summed E-state index contributed by atoms with van der Waals surface area (Å²) in [5.41, 5.74) is 1.38. The van der Waals surface area contributed by atoms with E-state index in [1.807, 2.05) is 0 Å². The summed E-state index contributed by atoms with van der Waals surface area (Å²) in [5, 5.41) is 0. The van der Waals surface area contributed by atoms with Crippen LogP contribution in [0.3, 0.4) is 0 Å². The number of furan rings is 1. The fraction of sp³-hybridized carbons (Fsp3) is 0.0833. The van der Waals surface area contributed by atoms with Gasteiger partial charge < -0.3 is 18.3 Å². The molecule has 5 nitrogen and oxygen atoms in total. The molecular formula is C12H7NO4. The first-order chi connectivity index (χ1) is 8.40. The van der Waals surface area contributed by atoms with Crippen LogP contribution >= 0.6 is 0 Å². The molecule has 0 N–H and O–H groups in total. The van der Waals surface area contributed by atoms with Crippen molar-refractivity contribution in [2.45, 2.75) is 0 Å². The van der Waals surface area contributed by atoms with Crippen molar-refractivity contribution in [2.24, 2.45) is 0 Å². The van der Waals surface area contributed by atoms with Gasteiger partial charge in [0, 0.05) is 12.1 Å². The van der Waals surface area contributed by atoms with E-state index in [1.54, 1.807) is 30.5 Å². The maximum Gasteiger partial charge on any atom is 0.263 e. The first-order valence-corrected chi connectivity index (χ1v) is 5.14. The highest BCUT2D eigenvalue weighted by Gasteiger charge is 2.18. The summed E-state index contributed by atoms with van der Waals surface area (Å²) >= 11 is 0. The molecule has 3 aromatic rings. The van der Waals surface area contributed by atoms with Crippen molar-refractivity contribution in [1.29, 1.82) is 0 Å². The fourth-order valence-corrected chi connectivity index (χ4v) is 1.82. The Bertz CT molecular complexity index is 643. The smallest absolute Gasteiger partial charge is 0.263 e. The minimum Gasteiger partial charge on any atom is -0.459 e. The zero-order valence-electron chi connectivity index (χ0n) is 8.67. The normalized spacial score (nSPS) is 13.4. The van der Waals surface area contributed by atoms with E-state index in [4.69, 9.17) is 18.3 Å². The molecule has 0 radical (unpaired) electrons. The van der Waals surface area contributed by atoms with Gasteiger partial charge in [-0.2, -0.15) is 0 Å². The van der Waals surface area contributed by atoms with Gasteiger partial charge in [0.15, 0.2) is 22.8 Å². The maximum absolute atomic E-state index is 5.60. The van der Waals surface area contributed by atoms with Crippen molar-refractivity contribution < 1.29 is 18.3 Å². The van der Waals surface area contributed by atoms with Crippen LogP contribution < -0.4 is 9.47 Å². The van der Waals surface area contributed by atoms with Crippen molar-refractivity contribution in [3.05, 3.63) is 30.5 Å². The van der Waals surface area contributed by atoms with Gasteiger partial charge in [-0.3, -0.25) is 0 Å². The monoisotopic (exact) mass is 229 g/mol. The summed E-state index contributed by atoms with van der Waals surface area (Å²) in [7, 11) is 0. The molecule has 0 fully saturated rings. The van der Waals surface area contributed by atoms with Crippen LogP contribution in [0.5, 0.6) is 11.5 Å².